The lowest BCUT2D eigenvalue weighted by atomic mass is 9.84. The number of fused-ring (bicyclic) bond motifs is 1. The Morgan fingerprint density at radius 3 is 2.79 bits per heavy atom. The van der Waals surface area contributed by atoms with Crippen LogP contribution < -0.4 is 4.74 Å². The first-order chi connectivity index (χ1) is 16.0. The molecular formula is C27H28FN3O2. The highest BCUT2D eigenvalue weighted by Crippen LogP contribution is 2.41. The molecular weight excluding hydrogens is 417 g/mol. The van der Waals surface area contributed by atoms with Crippen molar-refractivity contribution in [3.8, 4) is 11.4 Å². The summed E-state index contributed by atoms with van der Waals surface area (Å²) >= 11 is 0. The van der Waals surface area contributed by atoms with Crippen LogP contribution in [0.5, 0.6) is 5.75 Å². The van der Waals surface area contributed by atoms with Crippen LogP contribution in [-0.4, -0.2) is 33.5 Å². The molecule has 2 saturated heterocycles. The lowest BCUT2D eigenvalue weighted by Gasteiger charge is -2.46. The van der Waals surface area contributed by atoms with Crippen LogP contribution in [0.1, 0.15) is 55.0 Å². The average Bonchev–Trinajstić information content (AvgIpc) is 3.26. The molecule has 0 unspecified atom stereocenters. The lowest BCUT2D eigenvalue weighted by molar-refractivity contribution is -0.136. The van der Waals surface area contributed by atoms with Gasteiger partial charge in [-0.2, -0.15) is 0 Å². The maximum Gasteiger partial charge on any atom is 0.250 e. The van der Waals surface area contributed by atoms with Crippen molar-refractivity contribution in [3.63, 3.8) is 0 Å². The predicted molar refractivity (Wildman–Crippen MR) is 126 cm³/mol. The predicted octanol–water partition coefficient (Wildman–Crippen LogP) is 5.63. The van der Waals surface area contributed by atoms with Crippen LogP contribution in [0.4, 0.5) is 4.39 Å². The van der Waals surface area contributed by atoms with E-state index in [1.54, 1.807) is 25.6 Å². The Morgan fingerprint density at radius 2 is 2.03 bits per heavy atom. The quantitative estimate of drug-likeness (QED) is 0.489. The summed E-state index contributed by atoms with van der Waals surface area (Å²) < 4.78 is 21.5. The van der Waals surface area contributed by atoms with Gasteiger partial charge in [-0.3, -0.25) is 4.79 Å². The van der Waals surface area contributed by atoms with Crippen molar-refractivity contribution in [2.75, 3.05) is 7.11 Å². The van der Waals surface area contributed by atoms with Crippen LogP contribution in [-0.2, 0) is 4.79 Å². The Kier molecular flexibility index (Phi) is 5.75. The van der Waals surface area contributed by atoms with Gasteiger partial charge >= 0.3 is 0 Å². The van der Waals surface area contributed by atoms with Crippen molar-refractivity contribution in [2.45, 2.75) is 51.1 Å². The molecule has 0 saturated carbocycles. The van der Waals surface area contributed by atoms with Crippen LogP contribution in [0.15, 0.2) is 60.6 Å². The molecule has 0 N–H and O–H groups in total. The van der Waals surface area contributed by atoms with Gasteiger partial charge in [0.2, 0.25) is 0 Å². The summed E-state index contributed by atoms with van der Waals surface area (Å²) in [5.41, 5.74) is 4.44. The normalized spacial score (nSPS) is 21.8. The monoisotopic (exact) mass is 445 g/mol. The van der Waals surface area contributed by atoms with E-state index in [0.29, 0.717) is 0 Å². The number of aromatic nitrogens is 2. The molecule has 5 nitrogen and oxygen atoms in total. The number of piperidine rings is 2. The number of methoxy groups -OCH3 is 1. The Morgan fingerprint density at radius 1 is 1.15 bits per heavy atom. The molecule has 33 heavy (non-hydrogen) atoms. The van der Waals surface area contributed by atoms with E-state index in [1.807, 2.05) is 52.9 Å². The Hall–Kier alpha value is -3.41. The zero-order valence-electron chi connectivity index (χ0n) is 19.0. The molecule has 6 heteroatoms. The van der Waals surface area contributed by atoms with E-state index in [1.165, 1.54) is 6.07 Å². The molecule has 2 aliphatic heterocycles. The summed E-state index contributed by atoms with van der Waals surface area (Å²) in [4.78, 5) is 19.9. The minimum absolute atomic E-state index is 0.0634. The summed E-state index contributed by atoms with van der Waals surface area (Å²) in [5, 5.41) is 0. The molecule has 3 heterocycles. The van der Waals surface area contributed by atoms with Crippen LogP contribution >= 0.6 is 0 Å². The van der Waals surface area contributed by atoms with E-state index in [4.69, 9.17) is 4.74 Å². The second kappa shape index (κ2) is 8.85. The van der Waals surface area contributed by atoms with Gasteiger partial charge < -0.3 is 14.2 Å². The summed E-state index contributed by atoms with van der Waals surface area (Å²) in [5.74, 6) is 0.530. The number of rotatable bonds is 4. The highest BCUT2D eigenvalue weighted by molar-refractivity contribution is 5.99. The molecule has 2 atom stereocenters. The number of carbonyl (C=O) groups excluding carboxylic acids is 1. The number of hydrogen-bond donors (Lipinski definition) is 0. The van der Waals surface area contributed by atoms with Crippen LogP contribution in [0.2, 0.25) is 0 Å². The zero-order valence-corrected chi connectivity index (χ0v) is 19.0. The minimum Gasteiger partial charge on any atom is -0.495 e. The second-order valence-electron chi connectivity index (χ2n) is 8.93. The largest absolute Gasteiger partial charge is 0.495 e. The molecule has 170 valence electrons. The molecule has 2 aromatic carbocycles. The number of imidazole rings is 1. The van der Waals surface area contributed by atoms with E-state index in [9.17, 15) is 9.18 Å². The molecule has 0 radical (unpaired) electrons. The van der Waals surface area contributed by atoms with Gasteiger partial charge in [-0.05, 0) is 80.5 Å². The fraction of sp³-hybridized carbons (Fsp3) is 0.333. The van der Waals surface area contributed by atoms with E-state index in [2.05, 4.69) is 4.98 Å². The van der Waals surface area contributed by atoms with E-state index >= 15 is 0 Å². The number of benzene rings is 2. The smallest absolute Gasteiger partial charge is 0.250 e. The first kappa shape index (κ1) is 21.4. The molecule has 2 aliphatic rings. The SMILES string of the molecule is COc1cc(C=C2CC[C@@H]3CCC[C@@H](c4cccc(F)c4)N3C2=O)ccc1-n1cnc(C)c1. The summed E-state index contributed by atoms with van der Waals surface area (Å²) in [6, 6.07) is 12.8. The molecule has 0 spiro atoms. The first-order valence-electron chi connectivity index (χ1n) is 11.5. The molecule has 0 bridgehead atoms. The fourth-order valence-corrected chi connectivity index (χ4v) is 5.19. The van der Waals surface area contributed by atoms with Crippen molar-refractivity contribution < 1.29 is 13.9 Å². The molecule has 0 aliphatic carbocycles. The standard InChI is InChI=1S/C27H28FN3O2/c1-18-16-30(17-29-18)25-12-9-19(14-26(25)33-2)13-21-10-11-23-7-4-8-24(31(23)27(21)32)20-5-3-6-22(28)15-20/h3,5-6,9,12-17,23-24H,4,7-8,10-11H2,1-2H3/t23-,24-/m0/s1. The zero-order chi connectivity index (χ0) is 22.9. The third kappa shape index (κ3) is 4.17. The second-order valence-corrected chi connectivity index (χ2v) is 8.93. The number of aryl methyl sites for hydroxylation is 1. The number of hydrogen-bond acceptors (Lipinski definition) is 3. The van der Waals surface area contributed by atoms with Crippen molar-refractivity contribution in [3.05, 3.63) is 83.2 Å². The van der Waals surface area contributed by atoms with Crippen molar-refractivity contribution >= 4 is 12.0 Å². The Balaban J connectivity index is 1.45. The molecule has 5 rings (SSSR count). The molecule has 1 amide bonds. The van der Waals surface area contributed by atoms with Gasteiger partial charge in [0.05, 0.1) is 30.9 Å². The van der Waals surface area contributed by atoms with Gasteiger partial charge in [0.25, 0.3) is 5.91 Å². The van der Waals surface area contributed by atoms with Gasteiger partial charge in [-0.25, -0.2) is 9.37 Å². The first-order valence-corrected chi connectivity index (χ1v) is 11.5. The Bertz CT molecular complexity index is 1220. The van der Waals surface area contributed by atoms with Crippen molar-refractivity contribution in [1.82, 2.24) is 14.5 Å². The number of amides is 1. The minimum atomic E-state index is -0.255. The molecule has 2 fully saturated rings. The van der Waals surface area contributed by atoms with E-state index in [-0.39, 0.29) is 23.8 Å². The van der Waals surface area contributed by atoms with Crippen molar-refractivity contribution in [1.29, 1.82) is 0 Å². The van der Waals surface area contributed by atoms with Crippen LogP contribution in [0, 0.1) is 12.7 Å². The maximum absolute atomic E-state index is 13.9. The third-order valence-electron chi connectivity index (χ3n) is 6.77. The van der Waals surface area contributed by atoms with Crippen molar-refractivity contribution in [2.24, 2.45) is 0 Å². The van der Waals surface area contributed by atoms with E-state index in [0.717, 1.165) is 65.9 Å². The van der Waals surface area contributed by atoms with Gasteiger partial charge in [-0.1, -0.05) is 18.2 Å². The van der Waals surface area contributed by atoms with Crippen LogP contribution in [0.25, 0.3) is 11.8 Å². The number of carbonyl (C=O) groups is 1. The average molecular weight is 446 g/mol. The summed E-state index contributed by atoms with van der Waals surface area (Å²) in [6.07, 6.45) is 10.3. The lowest BCUT2D eigenvalue weighted by Crippen LogP contribution is -2.49. The molecule has 3 aromatic rings. The third-order valence-corrected chi connectivity index (χ3v) is 6.77. The summed E-state index contributed by atoms with van der Waals surface area (Å²) in [6.45, 7) is 1.95. The highest BCUT2D eigenvalue weighted by atomic mass is 19.1. The number of nitrogens with zero attached hydrogens (tertiary/aromatic N) is 3. The fourth-order valence-electron chi connectivity index (χ4n) is 5.19. The highest BCUT2D eigenvalue weighted by Gasteiger charge is 2.39. The van der Waals surface area contributed by atoms with Gasteiger partial charge in [0.1, 0.15) is 11.6 Å². The van der Waals surface area contributed by atoms with Gasteiger partial charge in [0.15, 0.2) is 0 Å². The topological polar surface area (TPSA) is 47.4 Å². The Labute approximate surface area is 193 Å². The summed E-state index contributed by atoms with van der Waals surface area (Å²) in [7, 11) is 1.65. The van der Waals surface area contributed by atoms with E-state index < -0.39 is 0 Å². The maximum atomic E-state index is 13.9. The van der Waals surface area contributed by atoms with Gasteiger partial charge in [-0.15, -0.1) is 0 Å². The number of halogens is 1. The molecule has 1 aromatic heterocycles. The van der Waals surface area contributed by atoms with Crippen LogP contribution in [0.3, 0.4) is 0 Å². The number of ether oxygens (including phenoxy) is 1. The van der Waals surface area contributed by atoms with Gasteiger partial charge in [0, 0.05) is 17.8 Å².